The third-order valence-electron chi connectivity index (χ3n) is 1.70. The Balaban J connectivity index is 2.87. The van der Waals surface area contributed by atoms with Gasteiger partial charge in [0.25, 0.3) is 0 Å². The SMILES string of the molecule is CCSc1ccc(CC)cc1Br. The van der Waals surface area contributed by atoms with Crippen molar-refractivity contribution in [3.63, 3.8) is 0 Å². The standard InChI is InChI=1S/C10H13BrS/c1-3-8-5-6-10(12-4-2)9(11)7-8/h5-7H,3-4H2,1-2H3. The summed E-state index contributed by atoms with van der Waals surface area (Å²) in [6.45, 7) is 4.35. The van der Waals surface area contributed by atoms with Crippen LogP contribution in [-0.4, -0.2) is 5.75 Å². The van der Waals surface area contributed by atoms with Crippen molar-refractivity contribution in [1.82, 2.24) is 0 Å². The van der Waals surface area contributed by atoms with Gasteiger partial charge in [0.15, 0.2) is 0 Å². The summed E-state index contributed by atoms with van der Waals surface area (Å²) in [6.07, 6.45) is 1.11. The Morgan fingerprint density at radius 3 is 2.58 bits per heavy atom. The maximum Gasteiger partial charge on any atom is 0.0313 e. The molecule has 1 rings (SSSR count). The molecular weight excluding hydrogens is 232 g/mol. The van der Waals surface area contributed by atoms with Crippen LogP contribution in [0, 0.1) is 0 Å². The summed E-state index contributed by atoms with van der Waals surface area (Å²) in [4.78, 5) is 1.34. The fourth-order valence-electron chi connectivity index (χ4n) is 1.04. The van der Waals surface area contributed by atoms with Gasteiger partial charge in [-0.25, -0.2) is 0 Å². The van der Waals surface area contributed by atoms with Gasteiger partial charge in [-0.2, -0.15) is 0 Å². The van der Waals surface area contributed by atoms with Gasteiger partial charge in [-0.05, 0) is 45.8 Å². The first kappa shape index (κ1) is 10.1. The van der Waals surface area contributed by atoms with E-state index >= 15 is 0 Å². The first-order valence-electron chi connectivity index (χ1n) is 4.19. The molecule has 1 aromatic carbocycles. The molecule has 0 bridgehead atoms. The highest BCUT2D eigenvalue weighted by molar-refractivity contribution is 9.10. The van der Waals surface area contributed by atoms with E-state index in [2.05, 4.69) is 48.0 Å². The van der Waals surface area contributed by atoms with Crippen LogP contribution in [0.1, 0.15) is 19.4 Å². The van der Waals surface area contributed by atoms with E-state index in [1.54, 1.807) is 0 Å². The second-order valence-corrected chi connectivity index (χ2v) is 4.71. The Morgan fingerprint density at radius 1 is 1.33 bits per heavy atom. The molecule has 66 valence electrons. The molecule has 0 radical (unpaired) electrons. The van der Waals surface area contributed by atoms with E-state index in [0.29, 0.717) is 0 Å². The number of halogens is 1. The lowest BCUT2D eigenvalue weighted by Crippen LogP contribution is -1.82. The summed E-state index contributed by atoms with van der Waals surface area (Å²) in [5, 5.41) is 0. The second kappa shape index (κ2) is 4.93. The fourth-order valence-corrected chi connectivity index (χ4v) is 2.48. The van der Waals surface area contributed by atoms with Crippen molar-refractivity contribution >= 4 is 27.7 Å². The van der Waals surface area contributed by atoms with Crippen LogP contribution < -0.4 is 0 Å². The molecule has 1 aromatic rings. The van der Waals surface area contributed by atoms with Gasteiger partial charge in [-0.1, -0.05) is 19.9 Å². The molecule has 0 amide bonds. The van der Waals surface area contributed by atoms with Crippen molar-refractivity contribution in [2.24, 2.45) is 0 Å². The third kappa shape index (κ3) is 2.53. The van der Waals surface area contributed by atoms with Crippen molar-refractivity contribution < 1.29 is 0 Å². The summed E-state index contributed by atoms with van der Waals surface area (Å²) in [5.74, 6) is 1.13. The minimum Gasteiger partial charge on any atom is -0.125 e. The summed E-state index contributed by atoms with van der Waals surface area (Å²) >= 11 is 5.44. The zero-order valence-corrected chi connectivity index (χ0v) is 9.83. The normalized spacial score (nSPS) is 10.2. The summed E-state index contributed by atoms with van der Waals surface area (Å²) in [7, 11) is 0. The van der Waals surface area contributed by atoms with E-state index in [4.69, 9.17) is 0 Å². The lowest BCUT2D eigenvalue weighted by atomic mass is 10.2. The Kier molecular flexibility index (Phi) is 4.16. The fraction of sp³-hybridized carbons (Fsp3) is 0.400. The first-order valence-corrected chi connectivity index (χ1v) is 5.97. The zero-order valence-electron chi connectivity index (χ0n) is 7.43. The minimum atomic E-state index is 1.11. The van der Waals surface area contributed by atoms with Gasteiger partial charge in [-0.15, -0.1) is 11.8 Å². The molecule has 0 saturated carbocycles. The molecule has 0 aliphatic heterocycles. The lowest BCUT2D eigenvalue weighted by Gasteiger charge is -2.03. The average Bonchev–Trinajstić information content (AvgIpc) is 2.09. The Bertz CT molecular complexity index is 258. The summed E-state index contributed by atoms with van der Waals surface area (Å²) in [5.41, 5.74) is 1.39. The number of rotatable bonds is 3. The van der Waals surface area contributed by atoms with Gasteiger partial charge >= 0.3 is 0 Å². The van der Waals surface area contributed by atoms with Crippen molar-refractivity contribution in [3.8, 4) is 0 Å². The first-order chi connectivity index (χ1) is 5.77. The van der Waals surface area contributed by atoms with E-state index in [0.717, 1.165) is 12.2 Å². The average molecular weight is 245 g/mol. The van der Waals surface area contributed by atoms with Gasteiger partial charge in [0.1, 0.15) is 0 Å². The Morgan fingerprint density at radius 2 is 2.08 bits per heavy atom. The second-order valence-electron chi connectivity index (χ2n) is 2.55. The summed E-state index contributed by atoms with van der Waals surface area (Å²) < 4.78 is 1.23. The smallest absolute Gasteiger partial charge is 0.0313 e. The van der Waals surface area contributed by atoms with Crippen LogP contribution in [0.2, 0.25) is 0 Å². The zero-order chi connectivity index (χ0) is 8.97. The predicted octanol–water partition coefficient (Wildman–Crippen LogP) is 4.12. The molecule has 0 aliphatic carbocycles. The number of hydrogen-bond donors (Lipinski definition) is 0. The minimum absolute atomic E-state index is 1.11. The molecule has 0 spiro atoms. The lowest BCUT2D eigenvalue weighted by molar-refractivity contribution is 1.12. The molecule has 0 aromatic heterocycles. The maximum atomic E-state index is 3.57. The third-order valence-corrected chi connectivity index (χ3v) is 3.58. The molecule has 0 aliphatic rings. The van der Waals surface area contributed by atoms with E-state index in [9.17, 15) is 0 Å². The number of thioether (sulfide) groups is 1. The maximum absolute atomic E-state index is 3.57. The Hall–Kier alpha value is 0.0500. The molecule has 0 heterocycles. The molecule has 0 fully saturated rings. The van der Waals surface area contributed by atoms with Gasteiger partial charge in [-0.3, -0.25) is 0 Å². The van der Waals surface area contributed by atoms with Crippen LogP contribution in [0.5, 0.6) is 0 Å². The van der Waals surface area contributed by atoms with Crippen LogP contribution in [0.15, 0.2) is 27.6 Å². The van der Waals surface area contributed by atoms with Gasteiger partial charge in [0.2, 0.25) is 0 Å². The Labute approximate surface area is 86.9 Å². The highest BCUT2D eigenvalue weighted by atomic mass is 79.9. The largest absolute Gasteiger partial charge is 0.125 e. The van der Waals surface area contributed by atoms with E-state index in [1.165, 1.54) is 14.9 Å². The summed E-state index contributed by atoms with van der Waals surface area (Å²) in [6, 6.07) is 6.60. The van der Waals surface area contributed by atoms with Crippen molar-refractivity contribution in [2.75, 3.05) is 5.75 Å². The molecule has 0 unspecified atom stereocenters. The van der Waals surface area contributed by atoms with Crippen molar-refractivity contribution in [2.45, 2.75) is 25.2 Å². The highest BCUT2D eigenvalue weighted by Crippen LogP contribution is 2.28. The van der Waals surface area contributed by atoms with Crippen molar-refractivity contribution in [3.05, 3.63) is 28.2 Å². The van der Waals surface area contributed by atoms with E-state index in [-0.39, 0.29) is 0 Å². The monoisotopic (exact) mass is 244 g/mol. The topological polar surface area (TPSA) is 0 Å². The van der Waals surface area contributed by atoms with Gasteiger partial charge in [0.05, 0.1) is 0 Å². The molecule has 0 saturated heterocycles. The van der Waals surface area contributed by atoms with Gasteiger partial charge < -0.3 is 0 Å². The van der Waals surface area contributed by atoms with E-state index in [1.807, 2.05) is 11.8 Å². The molecule has 2 heteroatoms. The van der Waals surface area contributed by atoms with Crippen LogP contribution in [0.4, 0.5) is 0 Å². The number of hydrogen-bond acceptors (Lipinski definition) is 1. The quantitative estimate of drug-likeness (QED) is 0.722. The van der Waals surface area contributed by atoms with Crippen LogP contribution in [-0.2, 0) is 6.42 Å². The molecule has 0 nitrogen and oxygen atoms in total. The van der Waals surface area contributed by atoms with Crippen LogP contribution in [0.3, 0.4) is 0 Å². The molecule has 12 heavy (non-hydrogen) atoms. The number of benzene rings is 1. The highest BCUT2D eigenvalue weighted by Gasteiger charge is 1.99. The van der Waals surface area contributed by atoms with Crippen LogP contribution in [0.25, 0.3) is 0 Å². The molecule has 0 atom stereocenters. The van der Waals surface area contributed by atoms with Crippen molar-refractivity contribution in [1.29, 1.82) is 0 Å². The molecular formula is C10H13BrS. The van der Waals surface area contributed by atoms with Gasteiger partial charge in [0, 0.05) is 9.37 Å². The van der Waals surface area contributed by atoms with Crippen LogP contribution >= 0.6 is 27.7 Å². The van der Waals surface area contributed by atoms with E-state index < -0.39 is 0 Å². The number of aryl methyl sites for hydroxylation is 1. The predicted molar refractivity (Wildman–Crippen MR) is 59.9 cm³/mol. The molecule has 0 N–H and O–H groups in total.